The lowest BCUT2D eigenvalue weighted by Gasteiger charge is -2.21. The summed E-state index contributed by atoms with van der Waals surface area (Å²) in [5.41, 5.74) is 17.6. The molecule has 0 saturated carbocycles. The van der Waals surface area contributed by atoms with Gasteiger partial charge in [0.25, 0.3) is 5.91 Å². The van der Waals surface area contributed by atoms with Crippen molar-refractivity contribution in [3.63, 3.8) is 0 Å². The fourth-order valence-corrected chi connectivity index (χ4v) is 4.72. The molecule has 128 valence electrons. The second kappa shape index (κ2) is 5.44. The van der Waals surface area contributed by atoms with Gasteiger partial charge in [-0.25, -0.2) is 4.98 Å². The standard InChI is InChI=1S/C20H15N3O2S/c21-16-15-14(13-6-3-9-25-13)12-8-7-10-4-1-2-5-11(10)17(12)23-20(15)26-18(16)19(22)24/h1-6,9H,7-8,21H2,(H2,22,24). The molecule has 3 aromatic heterocycles. The van der Waals surface area contributed by atoms with Crippen molar-refractivity contribution in [2.75, 3.05) is 5.73 Å². The van der Waals surface area contributed by atoms with E-state index in [0.717, 1.165) is 46.4 Å². The number of primary amides is 1. The zero-order valence-electron chi connectivity index (χ0n) is 13.8. The molecule has 26 heavy (non-hydrogen) atoms. The van der Waals surface area contributed by atoms with Crippen LogP contribution >= 0.6 is 11.3 Å². The molecule has 6 heteroatoms. The molecule has 0 unspecified atom stereocenters. The maximum Gasteiger partial charge on any atom is 0.260 e. The summed E-state index contributed by atoms with van der Waals surface area (Å²) in [6, 6.07) is 12.0. The van der Waals surface area contributed by atoms with Crippen molar-refractivity contribution in [1.82, 2.24) is 4.98 Å². The number of amides is 1. The van der Waals surface area contributed by atoms with Crippen LogP contribution in [0.4, 0.5) is 5.69 Å². The lowest BCUT2D eigenvalue weighted by molar-refractivity contribution is 0.100. The van der Waals surface area contributed by atoms with Gasteiger partial charge in [-0.15, -0.1) is 11.3 Å². The van der Waals surface area contributed by atoms with Gasteiger partial charge in [0.1, 0.15) is 15.5 Å². The number of rotatable bonds is 2. The van der Waals surface area contributed by atoms with E-state index in [4.69, 9.17) is 20.9 Å². The van der Waals surface area contributed by atoms with Crippen LogP contribution in [-0.4, -0.2) is 10.9 Å². The van der Waals surface area contributed by atoms with Crippen molar-refractivity contribution in [1.29, 1.82) is 0 Å². The van der Waals surface area contributed by atoms with Crippen LogP contribution in [0.5, 0.6) is 0 Å². The Hall–Kier alpha value is -3.12. The van der Waals surface area contributed by atoms with Crippen LogP contribution in [0.25, 0.3) is 32.8 Å². The average molecular weight is 361 g/mol. The zero-order valence-corrected chi connectivity index (χ0v) is 14.6. The number of aryl methyl sites for hydroxylation is 1. The van der Waals surface area contributed by atoms with Crippen molar-refractivity contribution in [3.05, 3.63) is 58.7 Å². The number of anilines is 1. The van der Waals surface area contributed by atoms with Crippen molar-refractivity contribution >= 4 is 33.1 Å². The van der Waals surface area contributed by atoms with Gasteiger partial charge in [0.15, 0.2) is 0 Å². The maximum atomic E-state index is 11.8. The monoisotopic (exact) mass is 361 g/mol. The summed E-state index contributed by atoms with van der Waals surface area (Å²) >= 11 is 1.24. The minimum Gasteiger partial charge on any atom is -0.464 e. The number of furan rings is 1. The van der Waals surface area contributed by atoms with Crippen LogP contribution in [0.15, 0.2) is 47.1 Å². The Balaban J connectivity index is 1.95. The molecule has 1 amide bonds. The highest BCUT2D eigenvalue weighted by Crippen LogP contribution is 2.46. The first-order valence-corrected chi connectivity index (χ1v) is 9.13. The number of hydrogen-bond donors (Lipinski definition) is 2. The zero-order chi connectivity index (χ0) is 17.8. The highest BCUT2D eigenvalue weighted by molar-refractivity contribution is 7.21. The Morgan fingerprint density at radius 1 is 1.15 bits per heavy atom. The molecule has 4 N–H and O–H groups in total. The number of aromatic nitrogens is 1. The van der Waals surface area contributed by atoms with Crippen LogP contribution in [0.2, 0.25) is 0 Å². The number of carbonyl (C=O) groups is 1. The number of fused-ring (bicyclic) bond motifs is 4. The molecule has 0 radical (unpaired) electrons. The topological polar surface area (TPSA) is 95.1 Å². The third-order valence-electron chi connectivity index (χ3n) is 4.89. The van der Waals surface area contributed by atoms with Crippen molar-refractivity contribution < 1.29 is 9.21 Å². The number of nitrogen functional groups attached to an aromatic ring is 1. The quantitative estimate of drug-likeness (QED) is 0.564. The number of nitrogens with zero attached hydrogens (tertiary/aromatic N) is 1. The van der Waals surface area contributed by atoms with Crippen molar-refractivity contribution in [2.24, 2.45) is 5.73 Å². The Morgan fingerprint density at radius 2 is 2.00 bits per heavy atom. The Bertz CT molecular complexity index is 1180. The summed E-state index contributed by atoms with van der Waals surface area (Å²) in [6.45, 7) is 0. The SMILES string of the molecule is NC(=O)c1sc2nc3c(c(-c4ccco4)c2c1N)CCc1ccccc1-3. The van der Waals surface area contributed by atoms with Gasteiger partial charge in [-0.3, -0.25) is 4.79 Å². The van der Waals surface area contributed by atoms with E-state index in [1.807, 2.05) is 24.3 Å². The Kier molecular flexibility index (Phi) is 3.17. The molecule has 1 aliphatic carbocycles. The van der Waals surface area contributed by atoms with Crippen LogP contribution in [0, 0.1) is 0 Å². The first kappa shape index (κ1) is 15.2. The molecule has 0 fully saturated rings. The predicted molar refractivity (Wildman–Crippen MR) is 103 cm³/mol. The molecule has 5 rings (SSSR count). The lowest BCUT2D eigenvalue weighted by atomic mass is 9.85. The molecule has 3 heterocycles. The summed E-state index contributed by atoms with van der Waals surface area (Å²) in [5, 5.41) is 0.761. The molecule has 1 aromatic carbocycles. The third-order valence-corrected chi connectivity index (χ3v) is 6.00. The van der Waals surface area contributed by atoms with Gasteiger partial charge >= 0.3 is 0 Å². The number of carbonyl (C=O) groups excluding carboxylic acids is 1. The summed E-state index contributed by atoms with van der Waals surface area (Å²) < 4.78 is 5.71. The van der Waals surface area contributed by atoms with Gasteiger partial charge in [-0.2, -0.15) is 0 Å². The highest BCUT2D eigenvalue weighted by atomic mass is 32.1. The van der Waals surface area contributed by atoms with Gasteiger partial charge in [0.05, 0.1) is 17.6 Å². The molecule has 0 aliphatic heterocycles. The molecular formula is C20H15N3O2S. The molecule has 0 saturated heterocycles. The van der Waals surface area contributed by atoms with Crippen molar-refractivity contribution in [3.8, 4) is 22.6 Å². The normalized spacial score (nSPS) is 12.8. The fraction of sp³-hybridized carbons (Fsp3) is 0.100. The van der Waals surface area contributed by atoms with Crippen LogP contribution in [0.3, 0.4) is 0 Å². The smallest absolute Gasteiger partial charge is 0.260 e. The molecular weight excluding hydrogens is 346 g/mol. The van der Waals surface area contributed by atoms with Gasteiger partial charge in [0, 0.05) is 16.5 Å². The first-order chi connectivity index (χ1) is 12.6. The fourth-order valence-electron chi connectivity index (χ4n) is 3.76. The molecule has 1 aliphatic rings. The largest absolute Gasteiger partial charge is 0.464 e. The third kappa shape index (κ3) is 2.02. The van der Waals surface area contributed by atoms with Gasteiger partial charge in [-0.05, 0) is 36.1 Å². The number of benzene rings is 1. The van der Waals surface area contributed by atoms with E-state index in [2.05, 4.69) is 12.1 Å². The van der Waals surface area contributed by atoms with E-state index in [1.165, 1.54) is 16.9 Å². The van der Waals surface area contributed by atoms with E-state index in [-0.39, 0.29) is 0 Å². The summed E-state index contributed by atoms with van der Waals surface area (Å²) in [6.07, 6.45) is 3.41. The summed E-state index contributed by atoms with van der Waals surface area (Å²) in [7, 11) is 0. The summed E-state index contributed by atoms with van der Waals surface area (Å²) in [5.74, 6) is 0.197. The van der Waals surface area contributed by atoms with E-state index in [9.17, 15) is 4.79 Å². The lowest BCUT2D eigenvalue weighted by Crippen LogP contribution is -2.11. The van der Waals surface area contributed by atoms with Gasteiger partial charge < -0.3 is 15.9 Å². The highest BCUT2D eigenvalue weighted by Gasteiger charge is 2.28. The molecule has 4 aromatic rings. The minimum absolute atomic E-state index is 0.343. The average Bonchev–Trinajstić information content (AvgIpc) is 3.28. The van der Waals surface area contributed by atoms with Gasteiger partial charge in [0.2, 0.25) is 0 Å². The van der Waals surface area contributed by atoms with E-state index in [1.54, 1.807) is 6.26 Å². The summed E-state index contributed by atoms with van der Waals surface area (Å²) in [4.78, 5) is 17.7. The number of thiophene rings is 1. The second-order valence-electron chi connectivity index (χ2n) is 6.34. The van der Waals surface area contributed by atoms with Crippen LogP contribution in [-0.2, 0) is 12.8 Å². The maximum absolute atomic E-state index is 11.8. The number of hydrogen-bond acceptors (Lipinski definition) is 5. The Morgan fingerprint density at radius 3 is 2.77 bits per heavy atom. The van der Waals surface area contributed by atoms with E-state index < -0.39 is 5.91 Å². The first-order valence-electron chi connectivity index (χ1n) is 8.32. The van der Waals surface area contributed by atoms with Crippen molar-refractivity contribution in [2.45, 2.75) is 12.8 Å². The van der Waals surface area contributed by atoms with E-state index in [0.29, 0.717) is 15.4 Å². The Labute approximate surface area is 153 Å². The predicted octanol–water partition coefficient (Wildman–Crippen LogP) is 4.00. The van der Waals surface area contributed by atoms with Crippen LogP contribution in [0.1, 0.15) is 20.8 Å². The van der Waals surface area contributed by atoms with E-state index >= 15 is 0 Å². The second-order valence-corrected chi connectivity index (χ2v) is 7.34. The molecule has 5 nitrogen and oxygen atoms in total. The molecule has 0 atom stereocenters. The number of pyridine rings is 1. The van der Waals surface area contributed by atoms with Gasteiger partial charge in [-0.1, -0.05) is 24.3 Å². The molecule has 0 bridgehead atoms. The minimum atomic E-state index is -0.533. The molecule has 0 spiro atoms. The van der Waals surface area contributed by atoms with Crippen LogP contribution < -0.4 is 11.5 Å². The number of nitrogens with two attached hydrogens (primary N) is 2.